The Morgan fingerprint density at radius 3 is 2.38 bits per heavy atom. The molecule has 4 heteroatoms. The summed E-state index contributed by atoms with van der Waals surface area (Å²) < 4.78 is 1.98. The van der Waals surface area contributed by atoms with E-state index in [9.17, 15) is 0 Å². The molecule has 1 aromatic rings. The highest BCUT2D eigenvalue weighted by Crippen LogP contribution is 2.30. The monoisotopic (exact) mass is 307 g/mol. The van der Waals surface area contributed by atoms with Crippen LogP contribution in [0.2, 0.25) is 0 Å². The molecule has 0 spiro atoms. The van der Waals surface area contributed by atoms with Crippen LogP contribution in [-0.2, 0) is 0 Å². The SMILES string of the molecule is C[C@@H](O)CNc1c(Br)cccc1Br. The summed E-state index contributed by atoms with van der Waals surface area (Å²) in [5.74, 6) is 0. The summed E-state index contributed by atoms with van der Waals surface area (Å²) in [5.41, 5.74) is 0.975. The minimum absolute atomic E-state index is 0.348. The Bertz CT molecular complexity index is 269. The van der Waals surface area contributed by atoms with Gasteiger partial charge in [-0.25, -0.2) is 0 Å². The van der Waals surface area contributed by atoms with Crippen LogP contribution in [-0.4, -0.2) is 17.8 Å². The molecule has 0 aliphatic carbocycles. The predicted octanol–water partition coefficient (Wildman–Crippen LogP) is 3.00. The summed E-state index contributed by atoms with van der Waals surface area (Å²) in [6, 6.07) is 5.85. The van der Waals surface area contributed by atoms with Gasteiger partial charge >= 0.3 is 0 Å². The fourth-order valence-electron chi connectivity index (χ4n) is 0.916. The number of aliphatic hydroxyl groups is 1. The highest BCUT2D eigenvalue weighted by molar-refractivity contribution is 9.11. The topological polar surface area (TPSA) is 32.3 Å². The lowest BCUT2D eigenvalue weighted by Crippen LogP contribution is -2.15. The van der Waals surface area contributed by atoms with Crippen LogP contribution in [0.4, 0.5) is 5.69 Å². The molecule has 0 saturated heterocycles. The number of hydrogen-bond acceptors (Lipinski definition) is 2. The smallest absolute Gasteiger partial charge is 0.0684 e. The second-order valence-corrected chi connectivity index (χ2v) is 4.54. The van der Waals surface area contributed by atoms with Crippen LogP contribution in [0.3, 0.4) is 0 Å². The molecular formula is C9H11Br2NO. The van der Waals surface area contributed by atoms with Crippen LogP contribution in [0, 0.1) is 0 Å². The Labute approximate surface area is 94.6 Å². The van der Waals surface area contributed by atoms with Crippen molar-refractivity contribution < 1.29 is 5.11 Å². The van der Waals surface area contributed by atoms with Crippen molar-refractivity contribution in [3.63, 3.8) is 0 Å². The van der Waals surface area contributed by atoms with E-state index in [2.05, 4.69) is 37.2 Å². The van der Waals surface area contributed by atoms with E-state index in [1.54, 1.807) is 6.92 Å². The highest BCUT2D eigenvalue weighted by atomic mass is 79.9. The van der Waals surface area contributed by atoms with Gasteiger partial charge in [0.2, 0.25) is 0 Å². The predicted molar refractivity (Wildman–Crippen MR) is 62.0 cm³/mol. The number of nitrogens with one attached hydrogen (secondary N) is 1. The second-order valence-electron chi connectivity index (χ2n) is 2.83. The van der Waals surface area contributed by atoms with Crippen LogP contribution in [0.5, 0.6) is 0 Å². The van der Waals surface area contributed by atoms with Gasteiger partial charge in [-0.1, -0.05) is 6.07 Å². The third kappa shape index (κ3) is 3.29. The van der Waals surface area contributed by atoms with E-state index in [4.69, 9.17) is 5.11 Å². The maximum absolute atomic E-state index is 9.10. The van der Waals surface area contributed by atoms with Crippen molar-refractivity contribution in [3.8, 4) is 0 Å². The number of rotatable bonds is 3. The van der Waals surface area contributed by atoms with Gasteiger partial charge in [-0.3, -0.25) is 0 Å². The lowest BCUT2D eigenvalue weighted by atomic mass is 10.3. The molecule has 2 N–H and O–H groups in total. The zero-order valence-corrected chi connectivity index (χ0v) is 10.4. The van der Waals surface area contributed by atoms with Crippen molar-refractivity contribution in [1.82, 2.24) is 0 Å². The molecule has 0 unspecified atom stereocenters. The number of anilines is 1. The molecule has 2 nitrogen and oxygen atoms in total. The van der Waals surface area contributed by atoms with Gasteiger partial charge in [0.15, 0.2) is 0 Å². The van der Waals surface area contributed by atoms with Crippen molar-refractivity contribution in [2.24, 2.45) is 0 Å². The molecule has 0 heterocycles. The van der Waals surface area contributed by atoms with Gasteiger partial charge in [-0.05, 0) is 50.9 Å². The van der Waals surface area contributed by atoms with Gasteiger partial charge in [0.1, 0.15) is 0 Å². The summed E-state index contributed by atoms with van der Waals surface area (Å²) >= 11 is 6.85. The van der Waals surface area contributed by atoms with Gasteiger partial charge in [0, 0.05) is 15.5 Å². The fourth-order valence-corrected chi connectivity index (χ4v) is 2.20. The molecular weight excluding hydrogens is 298 g/mol. The van der Waals surface area contributed by atoms with E-state index in [1.165, 1.54) is 0 Å². The number of aliphatic hydroxyl groups excluding tert-OH is 1. The number of hydrogen-bond donors (Lipinski definition) is 2. The van der Waals surface area contributed by atoms with E-state index in [0.717, 1.165) is 14.6 Å². The fraction of sp³-hybridized carbons (Fsp3) is 0.333. The van der Waals surface area contributed by atoms with E-state index in [1.807, 2.05) is 18.2 Å². The summed E-state index contributed by atoms with van der Waals surface area (Å²) in [7, 11) is 0. The minimum Gasteiger partial charge on any atom is -0.392 e. The highest BCUT2D eigenvalue weighted by Gasteiger charge is 2.04. The first-order valence-corrected chi connectivity index (χ1v) is 5.56. The number of halogens is 2. The molecule has 0 bridgehead atoms. The quantitative estimate of drug-likeness (QED) is 0.899. The zero-order chi connectivity index (χ0) is 9.84. The summed E-state index contributed by atoms with van der Waals surface area (Å²) in [4.78, 5) is 0. The average Bonchev–Trinajstić information content (AvgIpc) is 2.03. The van der Waals surface area contributed by atoms with Crippen LogP contribution in [0.25, 0.3) is 0 Å². The molecule has 0 fully saturated rings. The first-order valence-electron chi connectivity index (χ1n) is 3.97. The normalized spacial score (nSPS) is 12.6. The molecule has 0 aromatic heterocycles. The van der Waals surface area contributed by atoms with Crippen molar-refractivity contribution in [2.45, 2.75) is 13.0 Å². The Kier molecular flexibility index (Phi) is 4.22. The summed E-state index contributed by atoms with van der Waals surface area (Å²) in [6.07, 6.45) is -0.348. The first kappa shape index (κ1) is 11.0. The molecule has 1 aromatic carbocycles. The molecule has 72 valence electrons. The van der Waals surface area contributed by atoms with E-state index in [0.29, 0.717) is 6.54 Å². The summed E-state index contributed by atoms with van der Waals surface area (Å²) in [5, 5.41) is 12.2. The van der Waals surface area contributed by atoms with Gasteiger partial charge in [0.25, 0.3) is 0 Å². The Hall–Kier alpha value is -0.0600. The largest absolute Gasteiger partial charge is 0.392 e. The van der Waals surface area contributed by atoms with Crippen molar-refractivity contribution in [1.29, 1.82) is 0 Å². The van der Waals surface area contributed by atoms with Crippen molar-refractivity contribution >= 4 is 37.5 Å². The number of para-hydroxylation sites is 1. The van der Waals surface area contributed by atoms with E-state index in [-0.39, 0.29) is 6.10 Å². The zero-order valence-electron chi connectivity index (χ0n) is 7.22. The molecule has 0 aliphatic rings. The first-order chi connectivity index (χ1) is 6.11. The average molecular weight is 309 g/mol. The Morgan fingerprint density at radius 2 is 1.92 bits per heavy atom. The van der Waals surface area contributed by atoms with E-state index < -0.39 is 0 Å². The molecule has 1 rings (SSSR count). The maximum atomic E-state index is 9.10. The molecule has 0 aliphatic heterocycles. The van der Waals surface area contributed by atoms with Crippen LogP contribution >= 0.6 is 31.9 Å². The van der Waals surface area contributed by atoms with Crippen molar-refractivity contribution in [2.75, 3.05) is 11.9 Å². The van der Waals surface area contributed by atoms with Gasteiger partial charge in [0.05, 0.1) is 11.8 Å². The maximum Gasteiger partial charge on any atom is 0.0684 e. The molecule has 1 atom stereocenters. The van der Waals surface area contributed by atoms with E-state index >= 15 is 0 Å². The number of benzene rings is 1. The van der Waals surface area contributed by atoms with Crippen LogP contribution in [0.1, 0.15) is 6.92 Å². The summed E-state index contributed by atoms with van der Waals surface area (Å²) in [6.45, 7) is 2.29. The van der Waals surface area contributed by atoms with Gasteiger partial charge < -0.3 is 10.4 Å². The van der Waals surface area contributed by atoms with Crippen LogP contribution < -0.4 is 5.32 Å². The third-order valence-corrected chi connectivity index (χ3v) is 2.86. The van der Waals surface area contributed by atoms with Crippen molar-refractivity contribution in [3.05, 3.63) is 27.1 Å². The molecule has 0 saturated carbocycles. The van der Waals surface area contributed by atoms with Crippen LogP contribution in [0.15, 0.2) is 27.1 Å². The molecule has 0 amide bonds. The lowest BCUT2D eigenvalue weighted by Gasteiger charge is -2.11. The Balaban J connectivity index is 2.75. The Morgan fingerprint density at radius 1 is 1.38 bits per heavy atom. The minimum atomic E-state index is -0.348. The van der Waals surface area contributed by atoms with Gasteiger partial charge in [-0.15, -0.1) is 0 Å². The van der Waals surface area contributed by atoms with Gasteiger partial charge in [-0.2, -0.15) is 0 Å². The lowest BCUT2D eigenvalue weighted by molar-refractivity contribution is 0.208. The third-order valence-electron chi connectivity index (χ3n) is 1.54. The standard InChI is InChI=1S/C9H11Br2NO/c1-6(13)5-12-9-7(10)3-2-4-8(9)11/h2-4,6,12-13H,5H2,1H3/t6-/m1/s1. The second kappa shape index (κ2) is 4.98. The molecule has 13 heavy (non-hydrogen) atoms. The molecule has 0 radical (unpaired) electrons.